The second kappa shape index (κ2) is 8.47. The van der Waals surface area contributed by atoms with Gasteiger partial charge in [0.2, 0.25) is 0 Å². The van der Waals surface area contributed by atoms with Crippen LogP contribution in [0, 0.1) is 20.2 Å². The number of nitrogens with zero attached hydrogens (tertiary/aromatic N) is 2. The van der Waals surface area contributed by atoms with Gasteiger partial charge in [0.15, 0.2) is 0 Å². The van der Waals surface area contributed by atoms with Crippen molar-refractivity contribution in [2.45, 2.75) is 38.3 Å². The van der Waals surface area contributed by atoms with Crippen molar-refractivity contribution < 1.29 is 14.6 Å². The van der Waals surface area contributed by atoms with Gasteiger partial charge in [0.25, 0.3) is 17.3 Å². The third kappa shape index (κ3) is 4.61. The molecule has 1 fully saturated rings. The van der Waals surface area contributed by atoms with Gasteiger partial charge >= 0.3 is 0 Å². The third-order valence-corrected chi connectivity index (χ3v) is 4.77. The second-order valence-corrected chi connectivity index (χ2v) is 6.72. The summed E-state index contributed by atoms with van der Waals surface area (Å²) in [7, 11) is 0. The summed E-state index contributed by atoms with van der Waals surface area (Å²) in [5, 5.41) is 27.8. The van der Waals surface area contributed by atoms with Crippen molar-refractivity contribution in [3.8, 4) is 0 Å². The lowest BCUT2D eigenvalue weighted by Crippen LogP contribution is -2.25. The number of benzene rings is 2. The lowest BCUT2D eigenvalue weighted by molar-refractivity contribution is -0.385. The normalized spacial score (nSPS) is 13.9. The maximum Gasteiger partial charge on any atom is 0.270 e. The molecule has 9 nitrogen and oxygen atoms in total. The predicted molar refractivity (Wildman–Crippen MR) is 103 cm³/mol. The van der Waals surface area contributed by atoms with Crippen LogP contribution in [0.3, 0.4) is 0 Å². The molecule has 28 heavy (non-hydrogen) atoms. The molecular weight excluding hydrogens is 364 g/mol. The summed E-state index contributed by atoms with van der Waals surface area (Å²) in [6, 6.07) is 10.3. The fourth-order valence-corrected chi connectivity index (χ4v) is 3.26. The highest BCUT2D eigenvalue weighted by Gasteiger charge is 2.21. The molecule has 1 aliphatic carbocycles. The molecule has 1 saturated carbocycles. The molecule has 146 valence electrons. The number of hydrogen-bond donors (Lipinski definition) is 2. The lowest BCUT2D eigenvalue weighted by Gasteiger charge is -2.17. The number of carbonyl (C=O) groups excluding carboxylic acids is 1. The molecule has 2 N–H and O–H groups in total. The zero-order valence-electron chi connectivity index (χ0n) is 15.1. The van der Waals surface area contributed by atoms with E-state index in [0.717, 1.165) is 25.7 Å². The SMILES string of the molecule is O=C(NCc1ccc([N+](=O)[O-])cc1)c1cc([N+](=O)[O-])ccc1NC1CCCC1. The first kappa shape index (κ1) is 19.3. The van der Waals surface area contributed by atoms with E-state index in [2.05, 4.69) is 10.6 Å². The van der Waals surface area contributed by atoms with Crippen LogP contribution in [0.2, 0.25) is 0 Å². The minimum Gasteiger partial charge on any atom is -0.382 e. The number of anilines is 1. The molecule has 0 heterocycles. The van der Waals surface area contributed by atoms with E-state index in [9.17, 15) is 25.0 Å². The van der Waals surface area contributed by atoms with Crippen molar-refractivity contribution >= 4 is 23.0 Å². The molecule has 0 aliphatic heterocycles. The minimum atomic E-state index is -0.535. The van der Waals surface area contributed by atoms with Gasteiger partial charge in [0, 0.05) is 42.5 Å². The number of nitro groups is 2. The van der Waals surface area contributed by atoms with Crippen LogP contribution in [-0.2, 0) is 6.54 Å². The zero-order chi connectivity index (χ0) is 20.1. The van der Waals surface area contributed by atoms with E-state index in [1.54, 1.807) is 18.2 Å². The van der Waals surface area contributed by atoms with Crippen LogP contribution in [0.4, 0.5) is 17.1 Å². The van der Waals surface area contributed by atoms with Crippen LogP contribution in [0.25, 0.3) is 0 Å². The van der Waals surface area contributed by atoms with Gasteiger partial charge in [-0.25, -0.2) is 0 Å². The van der Waals surface area contributed by atoms with Gasteiger partial charge in [-0.05, 0) is 24.5 Å². The van der Waals surface area contributed by atoms with Crippen molar-refractivity contribution in [3.63, 3.8) is 0 Å². The smallest absolute Gasteiger partial charge is 0.270 e. The Balaban J connectivity index is 1.75. The van der Waals surface area contributed by atoms with Crippen LogP contribution in [0.5, 0.6) is 0 Å². The summed E-state index contributed by atoms with van der Waals surface area (Å²) in [6.07, 6.45) is 4.24. The van der Waals surface area contributed by atoms with Crippen LogP contribution in [-0.4, -0.2) is 21.8 Å². The number of nitro benzene ring substituents is 2. The third-order valence-electron chi connectivity index (χ3n) is 4.77. The fraction of sp³-hybridized carbons (Fsp3) is 0.316. The molecule has 1 aliphatic rings. The Morgan fingerprint density at radius 3 is 2.18 bits per heavy atom. The summed E-state index contributed by atoms with van der Waals surface area (Å²) in [6.45, 7) is 0.155. The molecule has 0 aromatic heterocycles. The largest absolute Gasteiger partial charge is 0.382 e. The van der Waals surface area contributed by atoms with Crippen LogP contribution < -0.4 is 10.6 Å². The highest BCUT2D eigenvalue weighted by atomic mass is 16.6. The van der Waals surface area contributed by atoms with Crippen molar-refractivity contribution in [2.24, 2.45) is 0 Å². The molecule has 2 aromatic carbocycles. The molecule has 1 amide bonds. The Labute approximate surface area is 161 Å². The number of rotatable bonds is 7. The zero-order valence-corrected chi connectivity index (χ0v) is 15.1. The van der Waals surface area contributed by atoms with Gasteiger partial charge < -0.3 is 10.6 Å². The van der Waals surface area contributed by atoms with E-state index >= 15 is 0 Å². The van der Waals surface area contributed by atoms with E-state index in [1.165, 1.54) is 24.3 Å². The van der Waals surface area contributed by atoms with E-state index in [-0.39, 0.29) is 29.5 Å². The predicted octanol–water partition coefficient (Wildman–Crippen LogP) is 3.79. The molecule has 0 unspecified atom stereocenters. The first-order valence-corrected chi connectivity index (χ1v) is 9.00. The van der Waals surface area contributed by atoms with Gasteiger partial charge in [-0.1, -0.05) is 25.0 Å². The van der Waals surface area contributed by atoms with Gasteiger partial charge in [-0.15, -0.1) is 0 Å². The van der Waals surface area contributed by atoms with E-state index in [4.69, 9.17) is 0 Å². The van der Waals surface area contributed by atoms with E-state index < -0.39 is 15.8 Å². The van der Waals surface area contributed by atoms with Gasteiger partial charge in [-0.3, -0.25) is 25.0 Å². The van der Waals surface area contributed by atoms with E-state index in [1.807, 2.05) is 0 Å². The lowest BCUT2D eigenvalue weighted by atomic mass is 10.1. The molecular formula is C19H20N4O5. The summed E-state index contributed by atoms with van der Waals surface area (Å²) in [5.74, 6) is -0.442. The second-order valence-electron chi connectivity index (χ2n) is 6.72. The molecule has 0 radical (unpaired) electrons. The Morgan fingerprint density at radius 2 is 1.57 bits per heavy atom. The first-order valence-electron chi connectivity index (χ1n) is 9.00. The quantitative estimate of drug-likeness (QED) is 0.552. The van der Waals surface area contributed by atoms with Crippen molar-refractivity contribution in [1.29, 1.82) is 0 Å². The highest BCUT2D eigenvalue weighted by molar-refractivity contribution is 6.00. The molecule has 0 spiro atoms. The average Bonchev–Trinajstić information content (AvgIpc) is 3.19. The first-order chi connectivity index (χ1) is 13.4. The minimum absolute atomic E-state index is 0.0307. The molecule has 0 bridgehead atoms. The number of non-ortho nitro benzene ring substituents is 2. The monoisotopic (exact) mass is 384 g/mol. The molecule has 3 rings (SSSR count). The maximum atomic E-state index is 12.7. The number of hydrogen-bond acceptors (Lipinski definition) is 6. The Bertz CT molecular complexity index is 892. The van der Waals surface area contributed by atoms with Gasteiger partial charge in [-0.2, -0.15) is 0 Å². The fourth-order valence-electron chi connectivity index (χ4n) is 3.26. The summed E-state index contributed by atoms with van der Waals surface area (Å²) in [4.78, 5) is 33.5. The highest BCUT2D eigenvalue weighted by Crippen LogP contribution is 2.27. The molecule has 9 heteroatoms. The van der Waals surface area contributed by atoms with Crippen molar-refractivity contribution in [3.05, 3.63) is 73.8 Å². The topological polar surface area (TPSA) is 127 Å². The maximum absolute atomic E-state index is 12.7. The van der Waals surface area contributed by atoms with Gasteiger partial charge in [0.1, 0.15) is 0 Å². The Morgan fingerprint density at radius 1 is 0.964 bits per heavy atom. The van der Waals surface area contributed by atoms with Crippen LogP contribution in [0.15, 0.2) is 42.5 Å². The average molecular weight is 384 g/mol. The molecule has 2 aromatic rings. The number of nitrogens with one attached hydrogen (secondary N) is 2. The summed E-state index contributed by atoms with van der Waals surface area (Å²) >= 11 is 0. The Hall–Kier alpha value is -3.49. The van der Waals surface area contributed by atoms with E-state index in [0.29, 0.717) is 11.3 Å². The van der Waals surface area contributed by atoms with Crippen LogP contribution in [0.1, 0.15) is 41.6 Å². The summed E-state index contributed by atoms with van der Waals surface area (Å²) in [5.41, 5.74) is 1.28. The van der Waals surface area contributed by atoms with Gasteiger partial charge in [0.05, 0.1) is 15.4 Å². The van der Waals surface area contributed by atoms with Crippen LogP contribution >= 0.6 is 0 Å². The van der Waals surface area contributed by atoms with Crippen molar-refractivity contribution in [1.82, 2.24) is 5.32 Å². The Kier molecular flexibility index (Phi) is 5.83. The van der Waals surface area contributed by atoms with Crippen molar-refractivity contribution in [2.75, 3.05) is 5.32 Å². The summed E-state index contributed by atoms with van der Waals surface area (Å²) < 4.78 is 0. The molecule has 0 atom stereocenters. The number of carbonyl (C=O) groups is 1. The number of amides is 1. The molecule has 0 saturated heterocycles. The standard InChI is InChI=1S/C19H20N4O5/c24-19(20-12-13-5-7-15(8-6-13)22(25)26)17-11-16(23(27)28)9-10-18(17)21-14-3-1-2-4-14/h5-11,14,21H,1-4,12H2,(H,20,24).